The standard InChI is InChI=1S/C15H17IN2O4/c16-11-2-4-12(5-3-11)22-10-13(19)17-8-1-9-18-14(20)6-7-15(18)21/h2-5H,1,6-10H2,(H,17,19). The van der Waals surface area contributed by atoms with Gasteiger partial charge in [0.2, 0.25) is 11.8 Å². The van der Waals surface area contributed by atoms with Crippen LogP contribution >= 0.6 is 22.6 Å². The van der Waals surface area contributed by atoms with E-state index in [1.165, 1.54) is 4.90 Å². The minimum Gasteiger partial charge on any atom is -0.484 e. The van der Waals surface area contributed by atoms with Gasteiger partial charge in [-0.15, -0.1) is 0 Å². The number of likely N-dealkylation sites (tertiary alicyclic amines) is 1. The number of carbonyl (C=O) groups is 3. The first-order valence-corrected chi connectivity index (χ1v) is 8.12. The van der Waals surface area contributed by atoms with Gasteiger partial charge in [0.05, 0.1) is 0 Å². The van der Waals surface area contributed by atoms with Gasteiger partial charge >= 0.3 is 0 Å². The third kappa shape index (κ3) is 4.97. The Morgan fingerprint density at radius 3 is 2.45 bits per heavy atom. The second-order valence-electron chi connectivity index (χ2n) is 4.89. The van der Waals surface area contributed by atoms with Crippen LogP contribution < -0.4 is 10.1 Å². The Morgan fingerprint density at radius 1 is 1.18 bits per heavy atom. The summed E-state index contributed by atoms with van der Waals surface area (Å²) in [6, 6.07) is 7.41. The molecule has 22 heavy (non-hydrogen) atoms. The van der Waals surface area contributed by atoms with Gasteiger partial charge in [-0.05, 0) is 53.3 Å². The zero-order valence-electron chi connectivity index (χ0n) is 12.0. The van der Waals surface area contributed by atoms with E-state index in [4.69, 9.17) is 4.74 Å². The molecule has 1 fully saturated rings. The maximum atomic E-state index is 11.6. The molecular formula is C15H17IN2O4. The first kappa shape index (κ1) is 16.7. The lowest BCUT2D eigenvalue weighted by molar-refractivity contribution is -0.138. The van der Waals surface area contributed by atoms with Crippen molar-refractivity contribution in [2.24, 2.45) is 0 Å². The second-order valence-corrected chi connectivity index (χ2v) is 6.13. The maximum absolute atomic E-state index is 11.6. The number of rotatable bonds is 7. The fraction of sp³-hybridized carbons (Fsp3) is 0.400. The van der Waals surface area contributed by atoms with Gasteiger partial charge in [-0.1, -0.05) is 0 Å². The normalized spacial score (nSPS) is 14.3. The Hall–Kier alpha value is -1.64. The summed E-state index contributed by atoms with van der Waals surface area (Å²) >= 11 is 2.19. The Balaban J connectivity index is 1.60. The van der Waals surface area contributed by atoms with Gasteiger partial charge in [-0.3, -0.25) is 19.3 Å². The van der Waals surface area contributed by atoms with Crippen molar-refractivity contribution in [2.75, 3.05) is 19.7 Å². The maximum Gasteiger partial charge on any atom is 0.257 e. The average Bonchev–Trinajstić information content (AvgIpc) is 2.82. The van der Waals surface area contributed by atoms with Gasteiger partial charge in [-0.2, -0.15) is 0 Å². The summed E-state index contributed by atoms with van der Waals surface area (Å²) in [5.41, 5.74) is 0. The minimum absolute atomic E-state index is 0.0534. The molecule has 1 aromatic rings. The van der Waals surface area contributed by atoms with Crippen LogP contribution in [0.1, 0.15) is 19.3 Å². The number of benzene rings is 1. The lowest BCUT2D eigenvalue weighted by atomic mass is 10.3. The number of carbonyl (C=O) groups excluding carboxylic acids is 3. The van der Waals surface area contributed by atoms with E-state index < -0.39 is 0 Å². The van der Waals surface area contributed by atoms with E-state index >= 15 is 0 Å². The minimum atomic E-state index is -0.224. The second kappa shape index (κ2) is 8.11. The van der Waals surface area contributed by atoms with Crippen LogP contribution in [0.5, 0.6) is 5.75 Å². The number of amides is 3. The molecule has 0 bridgehead atoms. The zero-order chi connectivity index (χ0) is 15.9. The van der Waals surface area contributed by atoms with Crippen molar-refractivity contribution in [1.82, 2.24) is 10.2 Å². The molecule has 118 valence electrons. The van der Waals surface area contributed by atoms with Crippen molar-refractivity contribution in [3.8, 4) is 5.75 Å². The molecule has 1 heterocycles. The molecule has 0 radical (unpaired) electrons. The topological polar surface area (TPSA) is 75.7 Å². The lowest BCUT2D eigenvalue weighted by Gasteiger charge is -2.13. The summed E-state index contributed by atoms with van der Waals surface area (Å²) < 4.78 is 6.45. The summed E-state index contributed by atoms with van der Waals surface area (Å²) in [6.45, 7) is 0.712. The average molecular weight is 416 g/mol. The molecule has 2 rings (SSSR count). The molecule has 0 spiro atoms. The van der Waals surface area contributed by atoms with Gasteiger partial charge in [0, 0.05) is 29.5 Å². The molecular weight excluding hydrogens is 399 g/mol. The van der Waals surface area contributed by atoms with Crippen LogP contribution in [-0.4, -0.2) is 42.3 Å². The molecule has 1 saturated heterocycles. The van der Waals surface area contributed by atoms with Crippen molar-refractivity contribution >= 4 is 40.3 Å². The van der Waals surface area contributed by atoms with Gasteiger partial charge in [0.1, 0.15) is 5.75 Å². The molecule has 0 aliphatic carbocycles. The Morgan fingerprint density at radius 2 is 1.82 bits per heavy atom. The van der Waals surface area contributed by atoms with Crippen molar-refractivity contribution < 1.29 is 19.1 Å². The van der Waals surface area contributed by atoms with E-state index in [0.717, 1.165) is 3.57 Å². The quantitative estimate of drug-likeness (QED) is 0.414. The molecule has 6 nitrogen and oxygen atoms in total. The molecule has 0 saturated carbocycles. The molecule has 1 aromatic carbocycles. The van der Waals surface area contributed by atoms with E-state index in [1.807, 2.05) is 12.1 Å². The Bertz CT molecular complexity index is 543. The van der Waals surface area contributed by atoms with Crippen LogP contribution in [-0.2, 0) is 14.4 Å². The van der Waals surface area contributed by atoms with Gasteiger partial charge in [0.25, 0.3) is 5.91 Å². The third-order valence-corrected chi connectivity index (χ3v) is 3.94. The summed E-state index contributed by atoms with van der Waals surface area (Å²) in [7, 11) is 0. The first-order chi connectivity index (χ1) is 10.6. The van der Waals surface area contributed by atoms with E-state index in [1.54, 1.807) is 12.1 Å². The number of hydrogen-bond donors (Lipinski definition) is 1. The van der Waals surface area contributed by atoms with Gasteiger partial charge in [-0.25, -0.2) is 0 Å². The van der Waals surface area contributed by atoms with Crippen molar-refractivity contribution in [3.05, 3.63) is 27.8 Å². The van der Waals surface area contributed by atoms with Crippen LogP contribution in [0.15, 0.2) is 24.3 Å². The van der Waals surface area contributed by atoms with Gasteiger partial charge < -0.3 is 10.1 Å². The molecule has 1 N–H and O–H groups in total. The highest BCUT2D eigenvalue weighted by molar-refractivity contribution is 14.1. The fourth-order valence-corrected chi connectivity index (χ4v) is 2.43. The molecule has 0 unspecified atom stereocenters. The third-order valence-electron chi connectivity index (χ3n) is 3.22. The summed E-state index contributed by atoms with van der Waals surface area (Å²) in [4.78, 5) is 35.7. The van der Waals surface area contributed by atoms with Crippen LogP contribution in [0.25, 0.3) is 0 Å². The number of nitrogens with zero attached hydrogens (tertiary/aromatic N) is 1. The smallest absolute Gasteiger partial charge is 0.257 e. The van der Waals surface area contributed by atoms with Crippen LogP contribution in [0.3, 0.4) is 0 Å². The number of nitrogens with one attached hydrogen (secondary N) is 1. The monoisotopic (exact) mass is 416 g/mol. The number of halogens is 1. The first-order valence-electron chi connectivity index (χ1n) is 7.04. The van der Waals surface area contributed by atoms with E-state index in [0.29, 0.717) is 38.1 Å². The van der Waals surface area contributed by atoms with Crippen molar-refractivity contribution in [3.63, 3.8) is 0 Å². The predicted molar refractivity (Wildman–Crippen MR) is 88.2 cm³/mol. The molecule has 1 aliphatic rings. The molecule has 0 aromatic heterocycles. The Kier molecular flexibility index (Phi) is 6.17. The molecule has 1 aliphatic heterocycles. The van der Waals surface area contributed by atoms with Crippen LogP contribution in [0.2, 0.25) is 0 Å². The predicted octanol–water partition coefficient (Wildman–Crippen LogP) is 1.33. The highest BCUT2D eigenvalue weighted by Gasteiger charge is 2.27. The van der Waals surface area contributed by atoms with E-state index in [9.17, 15) is 14.4 Å². The van der Waals surface area contributed by atoms with Crippen molar-refractivity contribution in [2.45, 2.75) is 19.3 Å². The Labute approximate surface area is 142 Å². The highest BCUT2D eigenvalue weighted by atomic mass is 127. The fourth-order valence-electron chi connectivity index (χ4n) is 2.07. The summed E-state index contributed by atoms with van der Waals surface area (Å²) in [5.74, 6) is 0.165. The summed E-state index contributed by atoms with van der Waals surface area (Å²) in [5, 5.41) is 2.70. The number of ether oxygens (including phenoxy) is 1. The van der Waals surface area contributed by atoms with E-state index in [2.05, 4.69) is 27.9 Å². The highest BCUT2D eigenvalue weighted by Crippen LogP contribution is 2.13. The zero-order valence-corrected chi connectivity index (χ0v) is 14.2. The molecule has 7 heteroatoms. The SMILES string of the molecule is O=C(COc1ccc(I)cc1)NCCCN1C(=O)CCC1=O. The van der Waals surface area contributed by atoms with Crippen LogP contribution in [0.4, 0.5) is 0 Å². The van der Waals surface area contributed by atoms with E-state index in [-0.39, 0.29) is 24.3 Å². The van der Waals surface area contributed by atoms with Gasteiger partial charge in [0.15, 0.2) is 6.61 Å². The largest absolute Gasteiger partial charge is 0.484 e. The molecule has 3 amide bonds. The number of imide groups is 1. The summed E-state index contributed by atoms with van der Waals surface area (Å²) in [6.07, 6.45) is 1.15. The number of hydrogen-bond acceptors (Lipinski definition) is 4. The molecule has 0 atom stereocenters. The van der Waals surface area contributed by atoms with Crippen LogP contribution in [0, 0.1) is 3.57 Å². The van der Waals surface area contributed by atoms with Crippen molar-refractivity contribution in [1.29, 1.82) is 0 Å². The lowest BCUT2D eigenvalue weighted by Crippen LogP contribution is -2.34.